The van der Waals surface area contributed by atoms with Crippen LogP contribution < -0.4 is 5.73 Å². The Hall–Kier alpha value is -0.760. The summed E-state index contributed by atoms with van der Waals surface area (Å²) in [6.07, 6.45) is 10.5. The van der Waals surface area contributed by atoms with Gasteiger partial charge in [0, 0.05) is 24.0 Å². The second-order valence-corrected chi connectivity index (χ2v) is 6.93. The molecule has 2 nitrogen and oxygen atoms in total. The van der Waals surface area contributed by atoms with Gasteiger partial charge in [0.25, 0.3) is 0 Å². The molecule has 0 aliphatic heterocycles. The van der Waals surface area contributed by atoms with Crippen molar-refractivity contribution >= 4 is 0 Å². The van der Waals surface area contributed by atoms with E-state index in [1.165, 1.54) is 68.4 Å². The van der Waals surface area contributed by atoms with Crippen LogP contribution in [0, 0.1) is 12.8 Å². The number of fused-ring (bicyclic) bond motifs is 1. The number of unbranched alkanes of at least 4 members (excludes halogenated alkanes) is 3. The normalized spacial score (nSPS) is 18.6. The molecule has 1 aromatic heterocycles. The van der Waals surface area contributed by atoms with Crippen LogP contribution in [0.4, 0.5) is 0 Å². The van der Waals surface area contributed by atoms with Gasteiger partial charge in [-0.25, -0.2) is 0 Å². The van der Waals surface area contributed by atoms with Crippen molar-refractivity contribution in [3.05, 3.63) is 23.0 Å². The summed E-state index contributed by atoms with van der Waals surface area (Å²) in [6.45, 7) is 8.07. The van der Waals surface area contributed by atoms with Crippen molar-refractivity contribution in [3.63, 3.8) is 0 Å². The molecule has 114 valence electrons. The zero-order valence-corrected chi connectivity index (χ0v) is 13.6. The van der Waals surface area contributed by atoms with E-state index in [0.29, 0.717) is 0 Å². The number of nitrogens with zero attached hydrogens (tertiary/aromatic N) is 1. The van der Waals surface area contributed by atoms with Crippen LogP contribution in [0.15, 0.2) is 6.07 Å². The highest BCUT2D eigenvalue weighted by Gasteiger charge is 2.21. The minimum absolute atomic E-state index is 0.282. The second-order valence-electron chi connectivity index (χ2n) is 6.93. The standard InChI is InChI=1S/C18H32N2/c1-14(2)9-6-4-5-7-12-20-15(3)13-16-17(19)10-8-11-18(16)20/h13-14,17H,4-12,19H2,1-3H3. The summed E-state index contributed by atoms with van der Waals surface area (Å²) < 4.78 is 2.54. The van der Waals surface area contributed by atoms with Gasteiger partial charge in [-0.05, 0) is 50.2 Å². The molecule has 20 heavy (non-hydrogen) atoms. The van der Waals surface area contributed by atoms with Crippen molar-refractivity contribution in [1.82, 2.24) is 4.57 Å². The van der Waals surface area contributed by atoms with Gasteiger partial charge in [-0.15, -0.1) is 0 Å². The lowest BCUT2D eigenvalue weighted by Crippen LogP contribution is -2.18. The molecular weight excluding hydrogens is 244 g/mol. The fraction of sp³-hybridized carbons (Fsp3) is 0.778. The minimum Gasteiger partial charge on any atom is -0.349 e. The van der Waals surface area contributed by atoms with Crippen molar-refractivity contribution in [3.8, 4) is 0 Å². The van der Waals surface area contributed by atoms with E-state index in [4.69, 9.17) is 5.73 Å². The minimum atomic E-state index is 0.282. The summed E-state index contributed by atoms with van der Waals surface area (Å²) >= 11 is 0. The third-order valence-corrected chi connectivity index (χ3v) is 4.69. The first-order valence-corrected chi connectivity index (χ1v) is 8.54. The largest absolute Gasteiger partial charge is 0.349 e. The van der Waals surface area contributed by atoms with Crippen LogP contribution in [0.1, 0.15) is 81.8 Å². The Bertz CT molecular complexity index is 417. The molecule has 1 atom stereocenters. The maximum atomic E-state index is 6.24. The first-order chi connectivity index (χ1) is 9.59. The summed E-state index contributed by atoms with van der Waals surface area (Å²) in [7, 11) is 0. The van der Waals surface area contributed by atoms with E-state index in [-0.39, 0.29) is 6.04 Å². The van der Waals surface area contributed by atoms with Crippen LogP contribution in [-0.2, 0) is 13.0 Å². The van der Waals surface area contributed by atoms with E-state index in [1.54, 1.807) is 0 Å². The van der Waals surface area contributed by atoms with Gasteiger partial charge < -0.3 is 10.3 Å². The molecule has 0 aromatic carbocycles. The summed E-state index contributed by atoms with van der Waals surface area (Å²) in [5.74, 6) is 0.857. The molecule has 0 saturated carbocycles. The Morgan fingerprint density at radius 3 is 2.75 bits per heavy atom. The van der Waals surface area contributed by atoms with Crippen LogP contribution in [-0.4, -0.2) is 4.57 Å². The quantitative estimate of drug-likeness (QED) is 0.716. The highest BCUT2D eigenvalue weighted by atomic mass is 15.0. The highest BCUT2D eigenvalue weighted by molar-refractivity contribution is 5.32. The van der Waals surface area contributed by atoms with E-state index in [0.717, 1.165) is 12.3 Å². The number of hydrogen-bond donors (Lipinski definition) is 1. The SMILES string of the molecule is Cc1cc2c(n1CCCCCCC(C)C)CCCC2N. The third-order valence-electron chi connectivity index (χ3n) is 4.69. The highest BCUT2D eigenvalue weighted by Crippen LogP contribution is 2.31. The molecule has 1 unspecified atom stereocenters. The van der Waals surface area contributed by atoms with Crippen LogP contribution in [0.2, 0.25) is 0 Å². The summed E-state index contributed by atoms with van der Waals surface area (Å²) in [5, 5.41) is 0. The van der Waals surface area contributed by atoms with Crippen LogP contribution in [0.25, 0.3) is 0 Å². The van der Waals surface area contributed by atoms with Gasteiger partial charge >= 0.3 is 0 Å². The van der Waals surface area contributed by atoms with Crippen molar-refractivity contribution in [2.24, 2.45) is 11.7 Å². The zero-order valence-electron chi connectivity index (χ0n) is 13.6. The molecule has 1 aliphatic carbocycles. The van der Waals surface area contributed by atoms with Gasteiger partial charge in [0.2, 0.25) is 0 Å². The number of hydrogen-bond acceptors (Lipinski definition) is 1. The molecular formula is C18H32N2. The van der Waals surface area contributed by atoms with Crippen LogP contribution in [0.3, 0.4) is 0 Å². The van der Waals surface area contributed by atoms with Gasteiger partial charge in [0.1, 0.15) is 0 Å². The number of aryl methyl sites for hydroxylation is 1. The van der Waals surface area contributed by atoms with Gasteiger partial charge in [0.15, 0.2) is 0 Å². The van der Waals surface area contributed by atoms with E-state index < -0.39 is 0 Å². The summed E-state index contributed by atoms with van der Waals surface area (Å²) in [6, 6.07) is 2.61. The van der Waals surface area contributed by atoms with Crippen molar-refractivity contribution in [2.75, 3.05) is 0 Å². The molecule has 0 bridgehead atoms. The molecule has 2 N–H and O–H groups in total. The third kappa shape index (κ3) is 3.88. The van der Waals surface area contributed by atoms with Gasteiger partial charge in [-0.2, -0.15) is 0 Å². The van der Waals surface area contributed by atoms with E-state index in [9.17, 15) is 0 Å². The molecule has 0 spiro atoms. The number of aromatic nitrogens is 1. The molecule has 0 amide bonds. The maximum absolute atomic E-state index is 6.24. The maximum Gasteiger partial charge on any atom is 0.0313 e. The molecule has 2 rings (SSSR count). The Labute approximate surface area is 124 Å². The van der Waals surface area contributed by atoms with Crippen molar-refractivity contribution in [1.29, 1.82) is 0 Å². The lowest BCUT2D eigenvalue weighted by Gasteiger charge is -2.21. The second kappa shape index (κ2) is 7.31. The fourth-order valence-corrected chi connectivity index (χ4v) is 3.49. The van der Waals surface area contributed by atoms with E-state index >= 15 is 0 Å². The number of nitrogens with two attached hydrogens (primary N) is 1. The first kappa shape index (κ1) is 15.6. The Morgan fingerprint density at radius 1 is 1.25 bits per heavy atom. The molecule has 1 heterocycles. The fourth-order valence-electron chi connectivity index (χ4n) is 3.49. The van der Waals surface area contributed by atoms with Crippen molar-refractivity contribution in [2.45, 2.75) is 84.7 Å². The monoisotopic (exact) mass is 276 g/mol. The predicted octanol–water partition coefficient (Wildman–Crippen LogP) is 4.74. The topological polar surface area (TPSA) is 30.9 Å². The molecule has 1 aromatic rings. The lowest BCUT2D eigenvalue weighted by molar-refractivity contribution is 0.491. The Balaban J connectivity index is 1.81. The predicted molar refractivity (Wildman–Crippen MR) is 87.0 cm³/mol. The smallest absolute Gasteiger partial charge is 0.0313 e. The lowest BCUT2D eigenvalue weighted by atomic mass is 9.93. The van der Waals surface area contributed by atoms with Crippen molar-refractivity contribution < 1.29 is 0 Å². The van der Waals surface area contributed by atoms with Gasteiger partial charge in [-0.3, -0.25) is 0 Å². The Morgan fingerprint density at radius 2 is 2.00 bits per heavy atom. The summed E-state index contributed by atoms with van der Waals surface area (Å²) in [4.78, 5) is 0. The number of rotatable bonds is 7. The van der Waals surface area contributed by atoms with E-state index in [1.807, 2.05) is 0 Å². The molecule has 2 heteroatoms. The Kier molecular flexibility index (Phi) is 5.71. The first-order valence-electron chi connectivity index (χ1n) is 8.54. The summed E-state index contributed by atoms with van der Waals surface area (Å²) in [5.41, 5.74) is 10.6. The molecule has 0 fully saturated rings. The molecule has 0 radical (unpaired) electrons. The molecule has 1 aliphatic rings. The zero-order chi connectivity index (χ0) is 14.5. The average Bonchev–Trinajstić information content (AvgIpc) is 2.71. The average molecular weight is 276 g/mol. The van der Waals surface area contributed by atoms with Gasteiger partial charge in [-0.1, -0.05) is 39.5 Å². The van der Waals surface area contributed by atoms with E-state index in [2.05, 4.69) is 31.4 Å². The van der Waals surface area contributed by atoms with Crippen LogP contribution in [0.5, 0.6) is 0 Å². The van der Waals surface area contributed by atoms with Crippen LogP contribution >= 0.6 is 0 Å². The molecule has 0 saturated heterocycles. The van der Waals surface area contributed by atoms with Gasteiger partial charge in [0.05, 0.1) is 0 Å².